The average Bonchev–Trinajstić information content (AvgIpc) is 2.85. The van der Waals surface area contributed by atoms with Crippen LogP contribution in [-0.4, -0.2) is 31.9 Å². The lowest BCUT2D eigenvalue weighted by Gasteiger charge is -2.69. The van der Waals surface area contributed by atoms with Crippen LogP contribution in [0, 0.1) is 50.2 Å². The van der Waals surface area contributed by atoms with Crippen molar-refractivity contribution < 1.29 is 23.9 Å². The number of hydrogen-bond acceptors (Lipinski definition) is 5. The molecule has 0 aromatic rings. The van der Waals surface area contributed by atoms with E-state index in [9.17, 15) is 14.4 Å². The summed E-state index contributed by atoms with van der Waals surface area (Å²) in [4.78, 5) is 39.7. The van der Waals surface area contributed by atoms with Crippen molar-refractivity contribution in [2.24, 2.45) is 50.2 Å². The molecule has 5 aliphatic carbocycles. The summed E-state index contributed by atoms with van der Waals surface area (Å²) in [6.45, 7) is 16.0. The first-order valence-electron chi connectivity index (χ1n) is 14.7. The molecule has 0 aromatic heterocycles. The van der Waals surface area contributed by atoms with Gasteiger partial charge in [-0.2, -0.15) is 0 Å². The number of allylic oxidation sites excluding steroid dienone is 3. The SMILES string of the molecule is COC(=O)C1=C[C@]2(C)[C@H]3CC=C4[C@@H]5CC(C)(C)CC[C@]5(C(=O)OC)CC[C@@]4(C)[C@]3(C)CC[C@H]2C(C)(C)C1=O. The van der Waals surface area contributed by atoms with Gasteiger partial charge in [-0.15, -0.1) is 0 Å². The standard InChI is InChI=1S/C33H48O5/c1-28(2)14-16-33(27(36)38-9)17-15-31(6)21(22(33)19-28)10-11-24-30(5)18-20(26(35)37-8)25(34)29(3,4)23(30)12-13-32(24,31)7/h10,18,22-24H,11-17,19H2,1-9H3/t22-,23-,24+,30-,31+,32+,33-/m0/s1. The normalized spacial score (nSPS) is 44.8. The number of carbonyl (C=O) groups is 3. The first-order chi connectivity index (χ1) is 17.5. The van der Waals surface area contributed by atoms with E-state index in [0.717, 1.165) is 51.4 Å². The van der Waals surface area contributed by atoms with Crippen LogP contribution in [0.4, 0.5) is 0 Å². The van der Waals surface area contributed by atoms with Crippen molar-refractivity contribution in [2.45, 2.75) is 99.8 Å². The summed E-state index contributed by atoms with van der Waals surface area (Å²) in [6, 6.07) is 0. The molecule has 5 rings (SSSR count). The van der Waals surface area contributed by atoms with Crippen LogP contribution in [0.3, 0.4) is 0 Å². The highest BCUT2D eigenvalue weighted by Crippen LogP contribution is 2.75. The molecular weight excluding hydrogens is 476 g/mol. The van der Waals surface area contributed by atoms with Gasteiger partial charge in [0.25, 0.3) is 0 Å². The van der Waals surface area contributed by atoms with Crippen LogP contribution in [0.2, 0.25) is 0 Å². The highest BCUT2D eigenvalue weighted by atomic mass is 16.5. The fraction of sp³-hybridized carbons (Fsp3) is 0.788. The van der Waals surface area contributed by atoms with Gasteiger partial charge in [-0.05, 0) is 90.8 Å². The maximum atomic E-state index is 13.5. The molecule has 0 radical (unpaired) electrons. The van der Waals surface area contributed by atoms with Crippen LogP contribution in [0.25, 0.3) is 0 Å². The number of ketones is 1. The molecule has 3 saturated carbocycles. The highest BCUT2D eigenvalue weighted by Gasteiger charge is 2.69. The molecule has 0 amide bonds. The number of carbonyl (C=O) groups excluding carboxylic acids is 3. The summed E-state index contributed by atoms with van der Waals surface area (Å²) in [6.07, 6.45) is 12.2. The molecule has 7 atom stereocenters. The molecule has 38 heavy (non-hydrogen) atoms. The van der Waals surface area contributed by atoms with Crippen LogP contribution in [0.15, 0.2) is 23.3 Å². The Balaban J connectivity index is 1.65. The van der Waals surface area contributed by atoms with Gasteiger partial charge in [-0.1, -0.05) is 66.2 Å². The topological polar surface area (TPSA) is 69.7 Å². The fourth-order valence-corrected chi connectivity index (χ4v) is 10.6. The Bertz CT molecular complexity index is 1140. The van der Waals surface area contributed by atoms with Crippen molar-refractivity contribution >= 4 is 17.7 Å². The van der Waals surface area contributed by atoms with Gasteiger partial charge in [0.05, 0.1) is 25.2 Å². The Morgan fingerprint density at radius 3 is 2.16 bits per heavy atom. The van der Waals surface area contributed by atoms with Crippen LogP contribution in [0.1, 0.15) is 99.8 Å². The number of hydrogen-bond donors (Lipinski definition) is 0. The Morgan fingerprint density at radius 1 is 0.868 bits per heavy atom. The Kier molecular flexibility index (Phi) is 6.04. The Morgan fingerprint density at radius 2 is 1.53 bits per heavy atom. The predicted octanol–water partition coefficient (Wildman–Crippen LogP) is 6.85. The van der Waals surface area contributed by atoms with Gasteiger partial charge in [0.15, 0.2) is 5.78 Å². The van der Waals surface area contributed by atoms with E-state index in [1.807, 2.05) is 19.9 Å². The smallest absolute Gasteiger partial charge is 0.341 e. The maximum Gasteiger partial charge on any atom is 0.341 e. The summed E-state index contributed by atoms with van der Waals surface area (Å²) in [5.41, 5.74) is 0.478. The molecule has 3 fully saturated rings. The van der Waals surface area contributed by atoms with Crippen molar-refractivity contribution in [2.75, 3.05) is 14.2 Å². The molecule has 0 aromatic carbocycles. The van der Waals surface area contributed by atoms with Gasteiger partial charge >= 0.3 is 11.9 Å². The zero-order chi connectivity index (χ0) is 28.1. The molecular formula is C33H48O5. The third-order valence-corrected chi connectivity index (χ3v) is 13.0. The number of methoxy groups -OCH3 is 2. The summed E-state index contributed by atoms with van der Waals surface area (Å²) in [7, 11) is 2.91. The van der Waals surface area contributed by atoms with Crippen molar-refractivity contribution in [1.29, 1.82) is 0 Å². The van der Waals surface area contributed by atoms with Gasteiger partial charge in [0, 0.05) is 5.41 Å². The largest absolute Gasteiger partial charge is 0.469 e. The molecule has 210 valence electrons. The van der Waals surface area contributed by atoms with Gasteiger partial charge < -0.3 is 9.47 Å². The van der Waals surface area contributed by atoms with E-state index in [4.69, 9.17) is 9.47 Å². The lowest BCUT2D eigenvalue weighted by Crippen LogP contribution is -2.64. The summed E-state index contributed by atoms with van der Waals surface area (Å²) >= 11 is 0. The number of rotatable bonds is 2. The third kappa shape index (κ3) is 3.32. The molecule has 0 N–H and O–H groups in total. The monoisotopic (exact) mass is 524 g/mol. The molecule has 5 heteroatoms. The van der Waals surface area contributed by atoms with E-state index in [0.29, 0.717) is 0 Å². The van der Waals surface area contributed by atoms with E-state index in [1.165, 1.54) is 12.7 Å². The van der Waals surface area contributed by atoms with E-state index >= 15 is 0 Å². The quantitative estimate of drug-likeness (QED) is 0.224. The Labute approximate surface area is 229 Å². The van der Waals surface area contributed by atoms with Gasteiger partial charge in [-0.25, -0.2) is 4.79 Å². The van der Waals surface area contributed by atoms with Crippen molar-refractivity contribution in [3.05, 3.63) is 23.3 Å². The van der Waals surface area contributed by atoms with Crippen LogP contribution in [0.5, 0.6) is 0 Å². The van der Waals surface area contributed by atoms with Crippen molar-refractivity contribution in [3.63, 3.8) is 0 Å². The third-order valence-electron chi connectivity index (χ3n) is 13.0. The molecule has 0 spiro atoms. The van der Waals surface area contributed by atoms with Crippen LogP contribution < -0.4 is 0 Å². The molecule has 0 saturated heterocycles. The second-order valence-corrected chi connectivity index (χ2v) is 15.3. The lowest BCUT2D eigenvalue weighted by atomic mass is 9.34. The van der Waals surface area contributed by atoms with Crippen molar-refractivity contribution in [3.8, 4) is 0 Å². The maximum absolute atomic E-state index is 13.5. The van der Waals surface area contributed by atoms with Crippen LogP contribution in [-0.2, 0) is 23.9 Å². The minimum atomic E-state index is -0.626. The molecule has 0 unspecified atom stereocenters. The summed E-state index contributed by atoms with van der Waals surface area (Å²) < 4.78 is 10.6. The summed E-state index contributed by atoms with van der Waals surface area (Å²) in [5.74, 6) is 0.0286. The molecule has 0 bridgehead atoms. The fourth-order valence-electron chi connectivity index (χ4n) is 10.6. The van der Waals surface area contributed by atoms with E-state index in [-0.39, 0.29) is 56.7 Å². The summed E-state index contributed by atoms with van der Waals surface area (Å²) in [5, 5.41) is 0. The van der Waals surface area contributed by atoms with E-state index in [1.54, 1.807) is 7.11 Å². The van der Waals surface area contributed by atoms with E-state index < -0.39 is 16.8 Å². The second-order valence-electron chi connectivity index (χ2n) is 15.3. The number of fused-ring (bicyclic) bond motifs is 7. The zero-order valence-electron chi connectivity index (χ0n) is 25.1. The van der Waals surface area contributed by atoms with E-state index in [2.05, 4.69) is 40.7 Å². The molecule has 0 heterocycles. The lowest BCUT2D eigenvalue weighted by molar-refractivity contribution is -0.177. The molecule has 0 aliphatic heterocycles. The van der Waals surface area contributed by atoms with Gasteiger partial charge in [0.2, 0.25) is 0 Å². The minimum Gasteiger partial charge on any atom is -0.469 e. The van der Waals surface area contributed by atoms with Crippen molar-refractivity contribution in [1.82, 2.24) is 0 Å². The number of ether oxygens (including phenoxy) is 2. The highest BCUT2D eigenvalue weighted by molar-refractivity contribution is 6.20. The van der Waals surface area contributed by atoms with Gasteiger partial charge in [-0.3, -0.25) is 9.59 Å². The first-order valence-corrected chi connectivity index (χ1v) is 14.7. The molecule has 5 aliphatic rings. The Hall–Kier alpha value is -1.91. The number of Topliss-reactive ketones (excluding diaryl/α,β-unsaturated/α-hetero) is 1. The van der Waals surface area contributed by atoms with Crippen LogP contribution >= 0.6 is 0 Å². The minimum absolute atomic E-state index is 0.0135. The zero-order valence-corrected chi connectivity index (χ0v) is 25.1. The second kappa shape index (κ2) is 8.30. The predicted molar refractivity (Wildman–Crippen MR) is 147 cm³/mol. The molecule has 5 nitrogen and oxygen atoms in total. The number of esters is 2. The van der Waals surface area contributed by atoms with Gasteiger partial charge in [0.1, 0.15) is 0 Å². The average molecular weight is 525 g/mol. The first kappa shape index (κ1) is 27.6.